The highest BCUT2D eigenvalue weighted by Crippen LogP contribution is 2.14. The van der Waals surface area contributed by atoms with E-state index in [4.69, 9.17) is 0 Å². The lowest BCUT2D eigenvalue weighted by Gasteiger charge is -2.09. The van der Waals surface area contributed by atoms with Crippen LogP contribution < -0.4 is 10.6 Å². The molecule has 0 saturated heterocycles. The summed E-state index contributed by atoms with van der Waals surface area (Å²) in [7, 11) is 0. The molecule has 1 aromatic heterocycles. The van der Waals surface area contributed by atoms with Crippen LogP contribution in [0, 0.1) is 12.7 Å². The Balaban J connectivity index is 2.06. The van der Waals surface area contributed by atoms with Gasteiger partial charge >= 0.3 is 6.03 Å². The summed E-state index contributed by atoms with van der Waals surface area (Å²) >= 11 is 0. The second kappa shape index (κ2) is 5.27. The molecular weight excluding hydrogens is 233 g/mol. The molecule has 0 saturated carbocycles. The number of anilines is 2. The van der Waals surface area contributed by atoms with Crippen LogP contribution in [0.25, 0.3) is 0 Å². The minimum absolute atomic E-state index is 0.128. The molecule has 1 aromatic carbocycles. The average molecular weight is 245 g/mol. The monoisotopic (exact) mass is 245 g/mol. The van der Waals surface area contributed by atoms with Crippen LogP contribution in [0.3, 0.4) is 0 Å². The van der Waals surface area contributed by atoms with E-state index in [0.717, 1.165) is 5.56 Å². The van der Waals surface area contributed by atoms with Crippen molar-refractivity contribution in [3.63, 3.8) is 0 Å². The highest BCUT2D eigenvalue weighted by molar-refractivity contribution is 5.99. The van der Waals surface area contributed by atoms with E-state index in [1.807, 2.05) is 13.0 Å². The van der Waals surface area contributed by atoms with E-state index in [9.17, 15) is 9.18 Å². The van der Waals surface area contributed by atoms with E-state index in [1.165, 1.54) is 12.1 Å². The Morgan fingerprint density at radius 3 is 2.67 bits per heavy atom. The van der Waals surface area contributed by atoms with Crippen molar-refractivity contribution in [3.8, 4) is 0 Å². The number of aromatic nitrogens is 1. The van der Waals surface area contributed by atoms with Crippen LogP contribution in [0.2, 0.25) is 0 Å². The first-order valence-corrected chi connectivity index (χ1v) is 5.41. The molecule has 18 heavy (non-hydrogen) atoms. The van der Waals surface area contributed by atoms with Gasteiger partial charge in [0.1, 0.15) is 11.6 Å². The van der Waals surface area contributed by atoms with E-state index >= 15 is 0 Å². The maximum Gasteiger partial charge on any atom is 0.324 e. The minimum atomic E-state index is -0.526. The third-order valence-electron chi connectivity index (χ3n) is 2.36. The summed E-state index contributed by atoms with van der Waals surface area (Å²) < 4.78 is 13.3. The molecule has 0 bridgehead atoms. The predicted octanol–water partition coefficient (Wildman–Crippen LogP) is 3.17. The van der Waals surface area contributed by atoms with Crippen LogP contribution in [0.1, 0.15) is 5.56 Å². The number of hydrogen-bond donors (Lipinski definition) is 2. The number of carbonyl (C=O) groups is 1. The van der Waals surface area contributed by atoms with Gasteiger partial charge in [-0.3, -0.25) is 5.32 Å². The van der Waals surface area contributed by atoms with Gasteiger partial charge in [0.15, 0.2) is 0 Å². The number of carbonyl (C=O) groups excluding carboxylic acids is 1. The van der Waals surface area contributed by atoms with Crippen molar-refractivity contribution in [3.05, 3.63) is 54.0 Å². The van der Waals surface area contributed by atoms with Gasteiger partial charge in [-0.05, 0) is 30.7 Å². The molecule has 2 aromatic rings. The lowest BCUT2D eigenvalue weighted by atomic mass is 10.3. The molecule has 0 unspecified atom stereocenters. The van der Waals surface area contributed by atoms with E-state index in [1.54, 1.807) is 24.4 Å². The number of pyridine rings is 1. The number of para-hydroxylation sites is 1. The smallest absolute Gasteiger partial charge is 0.305 e. The Morgan fingerprint density at radius 1 is 1.17 bits per heavy atom. The van der Waals surface area contributed by atoms with Gasteiger partial charge in [-0.15, -0.1) is 0 Å². The van der Waals surface area contributed by atoms with Crippen molar-refractivity contribution in [2.24, 2.45) is 0 Å². The Labute approximate surface area is 104 Å². The van der Waals surface area contributed by atoms with Gasteiger partial charge in [-0.25, -0.2) is 14.2 Å². The zero-order valence-corrected chi connectivity index (χ0v) is 9.77. The molecule has 4 nitrogen and oxygen atoms in total. The van der Waals surface area contributed by atoms with E-state index in [2.05, 4.69) is 15.6 Å². The summed E-state index contributed by atoms with van der Waals surface area (Å²) in [4.78, 5) is 15.7. The second-order valence-electron chi connectivity index (χ2n) is 3.73. The molecule has 2 amide bonds. The zero-order chi connectivity index (χ0) is 13.0. The van der Waals surface area contributed by atoms with Crippen LogP contribution in [0.5, 0.6) is 0 Å². The number of urea groups is 1. The van der Waals surface area contributed by atoms with Crippen LogP contribution in [-0.4, -0.2) is 11.0 Å². The second-order valence-corrected chi connectivity index (χ2v) is 3.73. The highest BCUT2D eigenvalue weighted by Gasteiger charge is 2.07. The fraction of sp³-hybridized carbons (Fsp3) is 0.0769. The number of rotatable bonds is 2. The molecule has 92 valence electrons. The van der Waals surface area contributed by atoms with E-state index in [0.29, 0.717) is 5.82 Å². The third kappa shape index (κ3) is 2.82. The third-order valence-corrected chi connectivity index (χ3v) is 2.36. The molecular formula is C13H12FN3O. The summed E-state index contributed by atoms with van der Waals surface area (Å²) in [6.45, 7) is 1.83. The number of aryl methyl sites for hydroxylation is 1. The summed E-state index contributed by atoms with van der Waals surface area (Å²) in [6.07, 6.45) is 1.58. The van der Waals surface area contributed by atoms with Crippen molar-refractivity contribution < 1.29 is 9.18 Å². The molecule has 2 rings (SSSR count). The molecule has 1 heterocycles. The normalized spacial score (nSPS) is 9.89. The van der Waals surface area contributed by atoms with Gasteiger partial charge in [0.2, 0.25) is 0 Å². The fourth-order valence-corrected chi connectivity index (χ4v) is 1.44. The van der Waals surface area contributed by atoms with Crippen LogP contribution in [0.4, 0.5) is 20.7 Å². The molecule has 0 fully saturated rings. The Morgan fingerprint density at radius 2 is 1.94 bits per heavy atom. The van der Waals surface area contributed by atoms with Crippen molar-refractivity contribution in [1.82, 2.24) is 4.98 Å². The van der Waals surface area contributed by atoms with Gasteiger partial charge in [0, 0.05) is 6.20 Å². The first-order chi connectivity index (χ1) is 8.66. The van der Waals surface area contributed by atoms with Crippen molar-refractivity contribution in [2.45, 2.75) is 6.92 Å². The summed E-state index contributed by atoms with van der Waals surface area (Å²) in [6, 6.07) is 9.04. The number of halogens is 1. The lowest BCUT2D eigenvalue weighted by Crippen LogP contribution is -2.21. The topological polar surface area (TPSA) is 54.0 Å². The summed E-state index contributed by atoms with van der Waals surface area (Å²) in [5.74, 6) is -0.0308. The van der Waals surface area contributed by atoms with Gasteiger partial charge < -0.3 is 5.32 Å². The van der Waals surface area contributed by atoms with E-state index < -0.39 is 11.8 Å². The zero-order valence-electron chi connectivity index (χ0n) is 9.77. The van der Waals surface area contributed by atoms with Crippen LogP contribution in [0.15, 0.2) is 42.6 Å². The number of nitrogens with zero attached hydrogens (tertiary/aromatic N) is 1. The Kier molecular flexibility index (Phi) is 3.52. The van der Waals surface area contributed by atoms with Gasteiger partial charge in [0.05, 0.1) is 5.69 Å². The first kappa shape index (κ1) is 12.0. The molecule has 5 heteroatoms. The van der Waals surface area contributed by atoms with Crippen LogP contribution >= 0.6 is 0 Å². The molecule has 0 radical (unpaired) electrons. The molecule has 0 atom stereocenters. The van der Waals surface area contributed by atoms with E-state index in [-0.39, 0.29) is 5.69 Å². The summed E-state index contributed by atoms with van der Waals surface area (Å²) in [5.41, 5.74) is 0.963. The molecule has 0 aliphatic carbocycles. The number of hydrogen-bond acceptors (Lipinski definition) is 2. The standard InChI is InChI=1S/C13H12FN3O/c1-9-5-4-8-15-12(9)17-13(18)16-11-7-3-2-6-10(11)14/h2-8H,1H3,(H2,15,16,17,18). The maximum atomic E-state index is 13.3. The van der Waals surface area contributed by atoms with Crippen molar-refractivity contribution in [1.29, 1.82) is 0 Å². The number of nitrogens with one attached hydrogen (secondary N) is 2. The molecule has 0 aliphatic rings. The number of benzene rings is 1. The quantitative estimate of drug-likeness (QED) is 0.853. The Hall–Kier alpha value is -2.43. The van der Waals surface area contributed by atoms with Gasteiger partial charge in [-0.2, -0.15) is 0 Å². The molecule has 2 N–H and O–H groups in total. The molecule has 0 aliphatic heterocycles. The lowest BCUT2D eigenvalue weighted by molar-refractivity contribution is 0.262. The van der Waals surface area contributed by atoms with Crippen molar-refractivity contribution >= 4 is 17.5 Å². The van der Waals surface area contributed by atoms with Gasteiger partial charge in [0.25, 0.3) is 0 Å². The first-order valence-electron chi connectivity index (χ1n) is 5.41. The summed E-state index contributed by atoms with van der Waals surface area (Å²) in [5, 5.41) is 4.98. The fourth-order valence-electron chi connectivity index (χ4n) is 1.44. The highest BCUT2D eigenvalue weighted by atomic mass is 19.1. The number of amides is 2. The predicted molar refractivity (Wildman–Crippen MR) is 68.0 cm³/mol. The maximum absolute atomic E-state index is 13.3. The Bertz CT molecular complexity index is 522. The van der Waals surface area contributed by atoms with Crippen molar-refractivity contribution in [2.75, 3.05) is 10.6 Å². The van der Waals surface area contributed by atoms with Crippen LogP contribution in [-0.2, 0) is 0 Å². The average Bonchev–Trinajstić information content (AvgIpc) is 2.35. The minimum Gasteiger partial charge on any atom is -0.305 e. The SMILES string of the molecule is Cc1cccnc1NC(=O)Nc1ccccc1F. The van der Waals surface area contributed by atoms with Gasteiger partial charge in [-0.1, -0.05) is 18.2 Å². The largest absolute Gasteiger partial charge is 0.324 e. The molecule has 0 spiro atoms.